The molecule has 2 atom stereocenters. The Morgan fingerprint density at radius 1 is 1.38 bits per heavy atom. The first-order valence-corrected chi connectivity index (χ1v) is 6.18. The van der Waals surface area contributed by atoms with Crippen LogP contribution < -0.4 is 10.5 Å². The quantitative estimate of drug-likeness (QED) is 0.848. The zero-order valence-corrected chi connectivity index (χ0v) is 10.1. The summed E-state index contributed by atoms with van der Waals surface area (Å²) in [5.74, 6) is 2.20. The Morgan fingerprint density at radius 3 is 2.81 bits per heavy atom. The molecule has 0 saturated carbocycles. The van der Waals surface area contributed by atoms with E-state index in [-0.39, 0.29) is 0 Å². The van der Waals surface area contributed by atoms with Gasteiger partial charge in [-0.05, 0) is 42.9 Å². The molecular formula is C14H21NO. The van der Waals surface area contributed by atoms with Crippen LogP contribution in [0.15, 0.2) is 24.3 Å². The SMILES string of the molecule is CC(C)C1CC(CCN)c2ccccc2O1. The summed E-state index contributed by atoms with van der Waals surface area (Å²) in [5, 5.41) is 0. The fourth-order valence-corrected chi connectivity index (χ4v) is 2.43. The highest BCUT2D eigenvalue weighted by Gasteiger charge is 2.29. The highest BCUT2D eigenvalue weighted by Crippen LogP contribution is 2.39. The highest BCUT2D eigenvalue weighted by atomic mass is 16.5. The summed E-state index contributed by atoms with van der Waals surface area (Å²) in [7, 11) is 0. The van der Waals surface area contributed by atoms with Crippen molar-refractivity contribution in [1.82, 2.24) is 0 Å². The molecule has 0 fully saturated rings. The van der Waals surface area contributed by atoms with Crippen molar-refractivity contribution in [2.75, 3.05) is 6.54 Å². The van der Waals surface area contributed by atoms with Crippen molar-refractivity contribution in [3.63, 3.8) is 0 Å². The number of rotatable bonds is 3. The maximum atomic E-state index is 6.03. The van der Waals surface area contributed by atoms with Gasteiger partial charge in [-0.25, -0.2) is 0 Å². The Hall–Kier alpha value is -1.02. The lowest BCUT2D eigenvalue weighted by Gasteiger charge is -2.34. The molecule has 2 nitrogen and oxygen atoms in total. The molecule has 0 spiro atoms. The van der Waals surface area contributed by atoms with Crippen LogP contribution in [0.25, 0.3) is 0 Å². The molecule has 1 aliphatic heterocycles. The normalized spacial score (nSPS) is 24.0. The number of hydrogen-bond donors (Lipinski definition) is 1. The van der Waals surface area contributed by atoms with Crippen molar-refractivity contribution in [2.24, 2.45) is 11.7 Å². The van der Waals surface area contributed by atoms with Crippen molar-refractivity contribution >= 4 is 0 Å². The van der Waals surface area contributed by atoms with Crippen LogP contribution in [-0.4, -0.2) is 12.6 Å². The van der Waals surface area contributed by atoms with Crippen LogP contribution in [0.4, 0.5) is 0 Å². The van der Waals surface area contributed by atoms with Gasteiger partial charge in [-0.2, -0.15) is 0 Å². The molecule has 16 heavy (non-hydrogen) atoms. The number of fused-ring (bicyclic) bond motifs is 1. The second kappa shape index (κ2) is 4.88. The van der Waals surface area contributed by atoms with E-state index < -0.39 is 0 Å². The van der Waals surface area contributed by atoms with Gasteiger partial charge in [0, 0.05) is 0 Å². The first-order valence-electron chi connectivity index (χ1n) is 6.18. The molecule has 2 rings (SSSR count). The largest absolute Gasteiger partial charge is 0.490 e. The van der Waals surface area contributed by atoms with Crippen LogP contribution in [0.1, 0.15) is 38.2 Å². The van der Waals surface area contributed by atoms with Crippen LogP contribution in [0, 0.1) is 5.92 Å². The Balaban J connectivity index is 2.26. The van der Waals surface area contributed by atoms with Crippen molar-refractivity contribution in [2.45, 2.75) is 38.7 Å². The molecule has 2 unspecified atom stereocenters. The number of nitrogens with two attached hydrogens (primary N) is 1. The summed E-state index contributed by atoms with van der Waals surface area (Å²) in [4.78, 5) is 0. The van der Waals surface area contributed by atoms with E-state index in [9.17, 15) is 0 Å². The Morgan fingerprint density at radius 2 is 2.12 bits per heavy atom. The fraction of sp³-hybridized carbons (Fsp3) is 0.571. The van der Waals surface area contributed by atoms with Gasteiger partial charge in [0.2, 0.25) is 0 Å². The second-order valence-corrected chi connectivity index (χ2v) is 4.95. The molecule has 2 heteroatoms. The minimum absolute atomic E-state index is 0.339. The van der Waals surface area contributed by atoms with E-state index in [0.717, 1.165) is 25.1 Å². The first-order chi connectivity index (χ1) is 7.72. The van der Waals surface area contributed by atoms with Crippen molar-refractivity contribution in [3.05, 3.63) is 29.8 Å². The molecule has 88 valence electrons. The van der Waals surface area contributed by atoms with E-state index in [1.54, 1.807) is 0 Å². The molecule has 0 amide bonds. The lowest BCUT2D eigenvalue weighted by molar-refractivity contribution is 0.113. The lowest BCUT2D eigenvalue weighted by Crippen LogP contribution is -2.30. The average molecular weight is 219 g/mol. The van der Waals surface area contributed by atoms with E-state index in [0.29, 0.717) is 17.9 Å². The molecule has 0 radical (unpaired) electrons. The molecule has 1 aliphatic rings. The molecular weight excluding hydrogens is 198 g/mol. The number of hydrogen-bond acceptors (Lipinski definition) is 2. The molecule has 2 N–H and O–H groups in total. The summed E-state index contributed by atoms with van der Waals surface area (Å²) in [5.41, 5.74) is 7.04. The van der Waals surface area contributed by atoms with Crippen LogP contribution in [0.2, 0.25) is 0 Å². The minimum atomic E-state index is 0.339. The summed E-state index contributed by atoms with van der Waals surface area (Å²) < 4.78 is 6.03. The highest BCUT2D eigenvalue weighted by molar-refractivity contribution is 5.38. The second-order valence-electron chi connectivity index (χ2n) is 4.95. The molecule has 1 aromatic rings. The Labute approximate surface area is 97.8 Å². The summed E-state index contributed by atoms with van der Waals surface area (Å²) >= 11 is 0. The third kappa shape index (κ3) is 2.22. The van der Waals surface area contributed by atoms with Gasteiger partial charge in [0.05, 0.1) is 0 Å². The van der Waals surface area contributed by atoms with E-state index in [2.05, 4.69) is 32.0 Å². The minimum Gasteiger partial charge on any atom is -0.490 e. The third-order valence-corrected chi connectivity index (χ3v) is 3.41. The predicted molar refractivity (Wildman–Crippen MR) is 66.7 cm³/mol. The Kier molecular flexibility index (Phi) is 3.49. The standard InChI is InChI=1S/C14H21NO/c1-10(2)14-9-11(7-8-15)12-5-3-4-6-13(12)16-14/h3-6,10-11,14H,7-9,15H2,1-2H3. The zero-order valence-electron chi connectivity index (χ0n) is 10.1. The maximum Gasteiger partial charge on any atom is 0.123 e. The van der Waals surface area contributed by atoms with E-state index in [1.165, 1.54) is 5.56 Å². The third-order valence-electron chi connectivity index (χ3n) is 3.41. The molecule has 1 aromatic carbocycles. The fourth-order valence-electron chi connectivity index (χ4n) is 2.43. The van der Waals surface area contributed by atoms with E-state index in [1.807, 2.05) is 6.07 Å². The van der Waals surface area contributed by atoms with Crippen LogP contribution in [-0.2, 0) is 0 Å². The summed E-state index contributed by atoms with van der Waals surface area (Å²) in [6.45, 7) is 5.19. The number of para-hydroxylation sites is 1. The molecule has 0 aromatic heterocycles. The molecule has 1 heterocycles. The average Bonchev–Trinajstić information content (AvgIpc) is 2.29. The van der Waals surface area contributed by atoms with Gasteiger partial charge in [0.15, 0.2) is 0 Å². The van der Waals surface area contributed by atoms with Gasteiger partial charge in [-0.3, -0.25) is 0 Å². The summed E-state index contributed by atoms with van der Waals surface area (Å²) in [6, 6.07) is 8.38. The lowest BCUT2D eigenvalue weighted by atomic mass is 9.84. The number of ether oxygens (including phenoxy) is 1. The topological polar surface area (TPSA) is 35.2 Å². The maximum absolute atomic E-state index is 6.03. The monoisotopic (exact) mass is 219 g/mol. The van der Waals surface area contributed by atoms with Gasteiger partial charge in [0.25, 0.3) is 0 Å². The van der Waals surface area contributed by atoms with Crippen LogP contribution >= 0.6 is 0 Å². The molecule has 0 saturated heterocycles. The van der Waals surface area contributed by atoms with Gasteiger partial charge in [-0.15, -0.1) is 0 Å². The Bertz CT molecular complexity index is 348. The predicted octanol–water partition coefficient (Wildman–Crippen LogP) is 2.93. The first kappa shape index (κ1) is 11.5. The van der Waals surface area contributed by atoms with Crippen molar-refractivity contribution < 1.29 is 4.74 Å². The van der Waals surface area contributed by atoms with E-state index in [4.69, 9.17) is 10.5 Å². The van der Waals surface area contributed by atoms with Gasteiger partial charge in [-0.1, -0.05) is 32.0 Å². The zero-order chi connectivity index (χ0) is 11.5. The van der Waals surface area contributed by atoms with E-state index >= 15 is 0 Å². The summed E-state index contributed by atoms with van der Waals surface area (Å²) in [6.07, 6.45) is 2.50. The van der Waals surface area contributed by atoms with Gasteiger partial charge < -0.3 is 10.5 Å². The van der Waals surface area contributed by atoms with Crippen LogP contribution in [0.5, 0.6) is 5.75 Å². The number of benzene rings is 1. The molecule has 0 bridgehead atoms. The van der Waals surface area contributed by atoms with Crippen molar-refractivity contribution in [1.29, 1.82) is 0 Å². The smallest absolute Gasteiger partial charge is 0.123 e. The van der Waals surface area contributed by atoms with Crippen molar-refractivity contribution in [3.8, 4) is 5.75 Å². The van der Waals surface area contributed by atoms with Gasteiger partial charge >= 0.3 is 0 Å². The molecule has 0 aliphatic carbocycles. The van der Waals surface area contributed by atoms with Crippen LogP contribution in [0.3, 0.4) is 0 Å². The van der Waals surface area contributed by atoms with Gasteiger partial charge in [0.1, 0.15) is 11.9 Å².